The van der Waals surface area contributed by atoms with Gasteiger partial charge < -0.3 is 9.80 Å². The van der Waals surface area contributed by atoms with E-state index in [1.54, 1.807) is 0 Å². The van der Waals surface area contributed by atoms with Crippen molar-refractivity contribution in [2.45, 2.75) is 52.4 Å². The summed E-state index contributed by atoms with van der Waals surface area (Å²) in [4.78, 5) is 4.84. The molecule has 10 aromatic rings. The van der Waals surface area contributed by atoms with Gasteiger partial charge in [-0.3, -0.25) is 0 Å². The molecule has 0 bridgehead atoms. The monoisotopic (exact) mass is 832 g/mol. The average Bonchev–Trinajstić information content (AvgIpc) is 3.68. The van der Waals surface area contributed by atoms with Gasteiger partial charge in [0.15, 0.2) is 0 Å². The molecule has 3 heteroatoms. The number of hydrogen-bond donors (Lipinski definition) is 0. The lowest BCUT2D eigenvalue weighted by atomic mass is 9.87. The Bertz CT molecular complexity index is 3190. The summed E-state index contributed by atoms with van der Waals surface area (Å²) < 4.78 is 2.52. The topological polar surface area (TPSA) is 6.48 Å². The van der Waals surface area contributed by atoms with Gasteiger partial charge in [0.25, 0.3) is 0 Å². The van der Waals surface area contributed by atoms with Crippen LogP contribution in [0.3, 0.4) is 0 Å². The van der Waals surface area contributed by atoms with E-state index in [2.05, 4.69) is 258 Å². The fourth-order valence-electron chi connectivity index (χ4n) is 8.90. The lowest BCUT2D eigenvalue weighted by molar-refractivity contribution is 0.590. The second kappa shape index (κ2) is 16.1. The minimum absolute atomic E-state index is 0.0549. The van der Waals surface area contributed by atoms with Crippen molar-refractivity contribution in [3.63, 3.8) is 0 Å². The highest BCUT2D eigenvalue weighted by Crippen LogP contribution is 2.48. The smallest absolute Gasteiger partial charge is 0.0554 e. The fraction of sp³-hybridized carbons (Fsp3) is 0.133. The van der Waals surface area contributed by atoms with Gasteiger partial charge in [0.1, 0.15) is 0 Å². The van der Waals surface area contributed by atoms with Crippen molar-refractivity contribution in [2.75, 3.05) is 9.80 Å². The summed E-state index contributed by atoms with van der Waals surface area (Å²) >= 11 is 1.88. The summed E-state index contributed by atoms with van der Waals surface area (Å²) in [5.41, 5.74) is 14.4. The molecule has 0 aliphatic heterocycles. The number of hydrogen-bond acceptors (Lipinski definition) is 3. The highest BCUT2D eigenvalue weighted by Gasteiger charge is 2.23. The molecule has 0 fully saturated rings. The average molecular weight is 833 g/mol. The number of benzene rings is 9. The van der Waals surface area contributed by atoms with Crippen LogP contribution in [0, 0.1) is 0 Å². The Labute approximate surface area is 376 Å². The molecule has 1 heterocycles. The zero-order valence-electron chi connectivity index (χ0n) is 36.9. The third kappa shape index (κ3) is 7.79. The predicted molar refractivity (Wildman–Crippen MR) is 274 cm³/mol. The van der Waals surface area contributed by atoms with E-state index in [1.807, 2.05) is 11.3 Å². The maximum Gasteiger partial charge on any atom is 0.0554 e. The van der Waals surface area contributed by atoms with E-state index in [0.29, 0.717) is 0 Å². The van der Waals surface area contributed by atoms with Gasteiger partial charge in [-0.2, -0.15) is 0 Å². The second-order valence-corrected chi connectivity index (χ2v) is 19.8. The first-order valence-corrected chi connectivity index (χ1v) is 22.8. The normalized spacial score (nSPS) is 12.0. The minimum Gasteiger partial charge on any atom is -0.310 e. The molecular weight excluding hydrogens is 781 g/mol. The number of rotatable bonds is 8. The summed E-state index contributed by atoms with van der Waals surface area (Å²) in [6, 6.07) is 76.0. The fourth-order valence-corrected chi connectivity index (χ4v) is 10.1. The Morgan fingerprint density at radius 3 is 1.19 bits per heavy atom. The SMILES string of the molecule is CC(C)(C)c1ccc(N(c2ccc(-c3ccccc3)cc2)c2ccc3c(c2)sc2cc(N(c4ccc(-c5ccccc5)cc4)c4ccc(C(C)(C)C)cc4)c4ccccc4c23)cc1. The Balaban J connectivity index is 1.13. The van der Waals surface area contributed by atoms with Crippen LogP contribution >= 0.6 is 11.3 Å². The largest absolute Gasteiger partial charge is 0.310 e. The molecule has 63 heavy (non-hydrogen) atoms. The zero-order chi connectivity index (χ0) is 43.3. The molecule has 0 radical (unpaired) electrons. The van der Waals surface area contributed by atoms with Crippen molar-refractivity contribution in [3.8, 4) is 22.3 Å². The molecule has 0 saturated carbocycles. The quantitative estimate of drug-likeness (QED) is 0.150. The van der Waals surface area contributed by atoms with Gasteiger partial charge in [0, 0.05) is 54.0 Å². The van der Waals surface area contributed by atoms with Crippen LogP contribution < -0.4 is 9.80 Å². The van der Waals surface area contributed by atoms with E-state index in [1.165, 1.54) is 70.0 Å². The van der Waals surface area contributed by atoms with Crippen LogP contribution in [0.25, 0.3) is 53.2 Å². The molecule has 2 nitrogen and oxygen atoms in total. The predicted octanol–water partition coefficient (Wildman–Crippen LogP) is 18.1. The molecule has 9 aromatic carbocycles. The molecule has 1 aromatic heterocycles. The second-order valence-electron chi connectivity index (χ2n) is 18.7. The van der Waals surface area contributed by atoms with E-state index < -0.39 is 0 Å². The third-order valence-corrected chi connectivity index (χ3v) is 13.5. The van der Waals surface area contributed by atoms with Crippen LogP contribution in [0.2, 0.25) is 0 Å². The van der Waals surface area contributed by atoms with Crippen LogP contribution in [-0.2, 0) is 10.8 Å². The minimum atomic E-state index is 0.0549. The van der Waals surface area contributed by atoms with Crippen molar-refractivity contribution >= 4 is 76.4 Å². The molecule has 308 valence electrons. The number of nitrogens with zero attached hydrogens (tertiary/aromatic N) is 2. The maximum atomic E-state index is 2.45. The van der Waals surface area contributed by atoms with E-state index in [0.717, 1.165) is 28.4 Å². The molecule has 0 N–H and O–H groups in total. The van der Waals surface area contributed by atoms with E-state index >= 15 is 0 Å². The van der Waals surface area contributed by atoms with Crippen molar-refractivity contribution in [1.29, 1.82) is 0 Å². The van der Waals surface area contributed by atoms with Gasteiger partial charge in [-0.1, -0.05) is 181 Å². The van der Waals surface area contributed by atoms with Gasteiger partial charge in [-0.05, 0) is 116 Å². The Kier molecular flexibility index (Phi) is 10.2. The number of fused-ring (bicyclic) bond motifs is 5. The van der Waals surface area contributed by atoms with Crippen molar-refractivity contribution in [3.05, 3.63) is 217 Å². The molecule has 0 unspecified atom stereocenters. The molecule has 0 saturated heterocycles. The van der Waals surface area contributed by atoms with Crippen molar-refractivity contribution in [2.24, 2.45) is 0 Å². The summed E-state index contributed by atoms with van der Waals surface area (Å²) in [6.45, 7) is 13.7. The van der Waals surface area contributed by atoms with Gasteiger partial charge in [-0.15, -0.1) is 11.3 Å². The lowest BCUT2D eigenvalue weighted by Gasteiger charge is -2.28. The summed E-state index contributed by atoms with van der Waals surface area (Å²) in [5, 5.41) is 5.06. The molecule has 0 aliphatic carbocycles. The van der Waals surface area contributed by atoms with Crippen molar-refractivity contribution < 1.29 is 0 Å². The first-order chi connectivity index (χ1) is 30.5. The molecule has 0 atom stereocenters. The summed E-state index contributed by atoms with van der Waals surface area (Å²) in [7, 11) is 0. The summed E-state index contributed by atoms with van der Waals surface area (Å²) in [5.74, 6) is 0. The Hall–Kier alpha value is -6.94. The standard InChI is InChI=1S/C60H52N2S/c1-59(2,3)45-25-33-48(34-26-45)61(47-29-21-43(22-30-47)41-15-9-7-10-16-41)51-37-38-54-56(39-51)63-57-40-55(52-19-13-14-20-53(52)58(54)57)62(50-35-27-46(28-36-50)60(4,5)6)49-31-23-44(24-32-49)42-17-11-8-12-18-42/h7-40H,1-6H3. The maximum absolute atomic E-state index is 2.45. The Morgan fingerprint density at radius 2 is 0.714 bits per heavy atom. The van der Waals surface area contributed by atoms with Crippen LogP contribution in [0.1, 0.15) is 52.7 Å². The van der Waals surface area contributed by atoms with Crippen LogP contribution in [0.5, 0.6) is 0 Å². The van der Waals surface area contributed by atoms with Gasteiger partial charge in [0.05, 0.1) is 5.69 Å². The molecule has 10 rings (SSSR count). The van der Waals surface area contributed by atoms with E-state index in [4.69, 9.17) is 0 Å². The highest BCUT2D eigenvalue weighted by atomic mass is 32.1. The highest BCUT2D eigenvalue weighted by molar-refractivity contribution is 7.26. The van der Waals surface area contributed by atoms with Crippen LogP contribution in [0.15, 0.2) is 206 Å². The molecule has 0 aliphatic rings. The number of thiophene rings is 1. The zero-order valence-corrected chi connectivity index (χ0v) is 37.7. The molecule has 0 spiro atoms. The first kappa shape index (κ1) is 40.2. The van der Waals surface area contributed by atoms with E-state index in [9.17, 15) is 0 Å². The first-order valence-electron chi connectivity index (χ1n) is 22.0. The van der Waals surface area contributed by atoms with Crippen LogP contribution in [-0.4, -0.2) is 0 Å². The third-order valence-electron chi connectivity index (χ3n) is 12.4. The molecule has 0 amide bonds. The summed E-state index contributed by atoms with van der Waals surface area (Å²) in [6.07, 6.45) is 0. The van der Waals surface area contributed by atoms with Crippen LogP contribution in [0.4, 0.5) is 34.1 Å². The lowest BCUT2D eigenvalue weighted by Crippen LogP contribution is -2.13. The molecular formula is C60H52N2S. The van der Waals surface area contributed by atoms with E-state index in [-0.39, 0.29) is 10.8 Å². The van der Waals surface area contributed by atoms with Crippen molar-refractivity contribution in [1.82, 2.24) is 0 Å². The van der Waals surface area contributed by atoms with Gasteiger partial charge >= 0.3 is 0 Å². The van der Waals surface area contributed by atoms with Gasteiger partial charge in [0.2, 0.25) is 0 Å². The van der Waals surface area contributed by atoms with Gasteiger partial charge in [-0.25, -0.2) is 0 Å². The number of anilines is 6. The Morgan fingerprint density at radius 1 is 0.317 bits per heavy atom.